The maximum absolute atomic E-state index is 14.3. The monoisotopic (exact) mass is 400 g/mol. The van der Waals surface area contributed by atoms with Crippen LogP contribution in [0.2, 0.25) is 0 Å². The van der Waals surface area contributed by atoms with Crippen LogP contribution in [-0.4, -0.2) is 61.7 Å². The normalized spacial score (nSPS) is 20.3. The maximum Gasteiger partial charge on any atom is 0.409 e. The number of halogens is 1. The smallest absolute Gasteiger partial charge is 0.409 e. The molecule has 156 valence electrons. The van der Waals surface area contributed by atoms with Crippen LogP contribution in [0.1, 0.15) is 43.7 Å². The minimum atomic E-state index is -0.260. The Hall–Kier alpha value is -2.41. The number of unbranched alkanes of at least 4 members (excludes halogenated alkanes) is 1. The number of hydrogen-bond acceptors (Lipinski definition) is 5. The van der Waals surface area contributed by atoms with Crippen LogP contribution >= 0.6 is 0 Å². The molecule has 0 aromatic heterocycles. The van der Waals surface area contributed by atoms with Gasteiger partial charge in [0.15, 0.2) is 0 Å². The van der Waals surface area contributed by atoms with Gasteiger partial charge in [0.1, 0.15) is 12.5 Å². The van der Waals surface area contributed by atoms with E-state index in [2.05, 4.69) is 28.5 Å². The van der Waals surface area contributed by atoms with Gasteiger partial charge in [0.05, 0.1) is 12.3 Å². The average Bonchev–Trinajstić information content (AvgIpc) is 2.71. The van der Waals surface area contributed by atoms with Gasteiger partial charge in [0.25, 0.3) is 0 Å². The van der Waals surface area contributed by atoms with Crippen molar-refractivity contribution in [2.75, 3.05) is 44.5 Å². The number of rotatable bonds is 5. The van der Waals surface area contributed by atoms with E-state index in [1.165, 1.54) is 6.08 Å². The zero-order valence-corrected chi connectivity index (χ0v) is 17.1. The Bertz CT molecular complexity index is 809. The topological polar surface area (TPSA) is 48.4 Å². The van der Waals surface area contributed by atoms with Crippen LogP contribution in [0.25, 0.3) is 6.08 Å². The highest BCUT2D eigenvalue weighted by atomic mass is 19.1. The van der Waals surface area contributed by atoms with E-state index in [0.29, 0.717) is 18.8 Å². The molecule has 0 radical (unpaired) electrons. The average molecular weight is 400 g/mol. The Morgan fingerprint density at radius 2 is 2.10 bits per heavy atom. The number of carbonyl (C=O) groups excluding carboxylic acids is 1. The molecule has 3 aliphatic heterocycles. The van der Waals surface area contributed by atoms with Crippen LogP contribution in [0.15, 0.2) is 23.7 Å². The number of benzene rings is 1. The van der Waals surface area contributed by atoms with Gasteiger partial charge >= 0.3 is 6.09 Å². The van der Waals surface area contributed by atoms with Crippen LogP contribution in [0, 0.1) is 11.2 Å². The van der Waals surface area contributed by atoms with Crippen molar-refractivity contribution in [1.29, 1.82) is 0 Å². The van der Waals surface area contributed by atoms with Gasteiger partial charge in [-0.05, 0) is 31.4 Å². The molecule has 1 aromatic rings. The van der Waals surface area contributed by atoms with E-state index in [-0.39, 0.29) is 17.3 Å². The van der Waals surface area contributed by atoms with Gasteiger partial charge in [-0.25, -0.2) is 14.2 Å². The Balaban J connectivity index is 1.34. The highest BCUT2D eigenvalue weighted by Crippen LogP contribution is 2.43. The SMILES string of the molecule is C=Cc1cc2c(cc1F)N(N1CC3(CCN(C(=O)OCCCC)CC3)C1)CN=C2. The highest BCUT2D eigenvalue weighted by Gasteiger charge is 2.48. The van der Waals surface area contributed by atoms with Gasteiger partial charge < -0.3 is 9.64 Å². The number of ether oxygens (including phenoxy) is 1. The second-order valence-electron chi connectivity index (χ2n) is 8.27. The summed E-state index contributed by atoms with van der Waals surface area (Å²) >= 11 is 0. The van der Waals surface area contributed by atoms with Crippen LogP contribution in [0.4, 0.5) is 14.9 Å². The van der Waals surface area contributed by atoms with E-state index in [4.69, 9.17) is 4.74 Å². The summed E-state index contributed by atoms with van der Waals surface area (Å²) in [5, 5.41) is 4.32. The predicted molar refractivity (Wildman–Crippen MR) is 113 cm³/mol. The lowest BCUT2D eigenvalue weighted by atomic mass is 9.73. The molecule has 1 amide bonds. The van der Waals surface area contributed by atoms with Crippen molar-refractivity contribution < 1.29 is 13.9 Å². The van der Waals surface area contributed by atoms with E-state index in [0.717, 1.165) is 63.1 Å². The summed E-state index contributed by atoms with van der Waals surface area (Å²) in [6.07, 6.45) is 7.03. The quantitative estimate of drug-likeness (QED) is 0.703. The summed E-state index contributed by atoms with van der Waals surface area (Å²) < 4.78 is 19.6. The molecule has 1 aromatic carbocycles. The third kappa shape index (κ3) is 3.88. The van der Waals surface area contributed by atoms with Gasteiger partial charge in [-0.1, -0.05) is 26.0 Å². The lowest BCUT2D eigenvalue weighted by Crippen LogP contribution is -2.66. The molecular weight excluding hydrogens is 371 g/mol. The predicted octanol–water partition coefficient (Wildman–Crippen LogP) is 3.91. The number of nitrogens with zero attached hydrogens (tertiary/aromatic N) is 4. The van der Waals surface area contributed by atoms with E-state index < -0.39 is 0 Å². The van der Waals surface area contributed by atoms with Gasteiger partial charge in [-0.15, -0.1) is 0 Å². The number of anilines is 1. The molecule has 29 heavy (non-hydrogen) atoms. The summed E-state index contributed by atoms with van der Waals surface area (Å²) in [5.74, 6) is -0.260. The number of piperidine rings is 1. The number of likely N-dealkylation sites (tertiary alicyclic amines) is 1. The van der Waals surface area contributed by atoms with Crippen molar-refractivity contribution in [2.24, 2.45) is 10.4 Å². The molecule has 4 rings (SSSR count). The van der Waals surface area contributed by atoms with Crippen molar-refractivity contribution in [1.82, 2.24) is 9.91 Å². The van der Waals surface area contributed by atoms with Gasteiger partial charge in [0.2, 0.25) is 0 Å². The van der Waals surface area contributed by atoms with E-state index in [1.807, 2.05) is 4.90 Å². The van der Waals surface area contributed by atoms with E-state index in [9.17, 15) is 9.18 Å². The second-order valence-corrected chi connectivity index (χ2v) is 8.27. The number of carbonyl (C=O) groups is 1. The molecule has 0 saturated carbocycles. The Morgan fingerprint density at radius 3 is 2.79 bits per heavy atom. The largest absolute Gasteiger partial charge is 0.449 e. The molecule has 3 aliphatic rings. The fraction of sp³-hybridized carbons (Fsp3) is 0.545. The zero-order chi connectivity index (χ0) is 20.4. The summed E-state index contributed by atoms with van der Waals surface area (Å²) in [6.45, 7) is 10.1. The summed E-state index contributed by atoms with van der Waals surface area (Å²) in [5.41, 5.74) is 2.49. The van der Waals surface area contributed by atoms with Crippen molar-refractivity contribution in [3.63, 3.8) is 0 Å². The first-order valence-electron chi connectivity index (χ1n) is 10.5. The van der Waals surface area contributed by atoms with Crippen LogP contribution in [0.5, 0.6) is 0 Å². The van der Waals surface area contributed by atoms with Crippen molar-refractivity contribution in [3.8, 4) is 0 Å². The standard InChI is InChI=1S/C22H29FN4O2/c1-3-5-10-29-21(28)25-8-6-22(7-9-25)14-26(15-22)27-16-24-13-18-11-17(4-2)19(23)12-20(18)27/h4,11-13H,2-3,5-10,14-16H2,1H3. The van der Waals surface area contributed by atoms with Crippen molar-refractivity contribution >= 4 is 24.1 Å². The first-order valence-corrected chi connectivity index (χ1v) is 10.5. The Morgan fingerprint density at radius 1 is 1.34 bits per heavy atom. The second kappa shape index (κ2) is 8.14. The van der Waals surface area contributed by atoms with Crippen molar-refractivity contribution in [2.45, 2.75) is 32.6 Å². The first kappa shape index (κ1) is 19.9. The molecular formula is C22H29FN4O2. The summed E-state index contributed by atoms with van der Waals surface area (Å²) in [7, 11) is 0. The third-order valence-corrected chi connectivity index (χ3v) is 6.27. The molecule has 0 aliphatic carbocycles. The minimum Gasteiger partial charge on any atom is -0.449 e. The molecule has 0 atom stereocenters. The maximum atomic E-state index is 14.3. The Labute approximate surface area is 171 Å². The number of hydrogen-bond donors (Lipinski definition) is 0. The van der Waals surface area contributed by atoms with Gasteiger partial charge in [0, 0.05) is 48.9 Å². The Kier molecular flexibility index (Phi) is 5.58. The molecule has 0 unspecified atom stereocenters. The van der Waals surface area contributed by atoms with Crippen LogP contribution < -0.4 is 5.01 Å². The highest BCUT2D eigenvalue weighted by molar-refractivity contribution is 5.90. The fourth-order valence-electron chi connectivity index (χ4n) is 4.39. The molecule has 3 heterocycles. The fourth-order valence-corrected chi connectivity index (χ4v) is 4.39. The van der Waals surface area contributed by atoms with Crippen LogP contribution in [-0.2, 0) is 4.74 Å². The molecule has 0 N–H and O–H groups in total. The lowest BCUT2D eigenvalue weighted by molar-refractivity contribution is -0.0512. The van der Waals surface area contributed by atoms with Gasteiger partial charge in [-0.2, -0.15) is 0 Å². The molecule has 1 spiro atoms. The number of hydrazine groups is 1. The molecule has 2 fully saturated rings. The summed E-state index contributed by atoms with van der Waals surface area (Å²) in [4.78, 5) is 18.4. The van der Waals surface area contributed by atoms with E-state index >= 15 is 0 Å². The lowest BCUT2D eigenvalue weighted by Gasteiger charge is -2.57. The van der Waals surface area contributed by atoms with Crippen molar-refractivity contribution in [3.05, 3.63) is 35.7 Å². The molecule has 2 saturated heterocycles. The third-order valence-electron chi connectivity index (χ3n) is 6.27. The minimum absolute atomic E-state index is 0.183. The van der Waals surface area contributed by atoms with Crippen LogP contribution in [0.3, 0.4) is 0 Å². The van der Waals surface area contributed by atoms with Gasteiger partial charge in [-0.3, -0.25) is 10.0 Å². The molecule has 7 heteroatoms. The first-order chi connectivity index (χ1) is 14.0. The van der Waals surface area contributed by atoms with E-state index in [1.54, 1.807) is 18.3 Å². The number of fused-ring (bicyclic) bond motifs is 1. The number of amides is 1. The summed E-state index contributed by atoms with van der Waals surface area (Å²) in [6, 6.07) is 3.38. The number of aliphatic imine (C=N–C) groups is 1. The molecule has 0 bridgehead atoms. The molecule has 6 nitrogen and oxygen atoms in total. The zero-order valence-electron chi connectivity index (χ0n) is 17.1.